The fourth-order valence-electron chi connectivity index (χ4n) is 2.41. The molecule has 6 nitrogen and oxygen atoms in total. The Bertz CT molecular complexity index is 812. The van der Waals surface area contributed by atoms with Crippen LogP contribution in [0.5, 0.6) is 0 Å². The van der Waals surface area contributed by atoms with E-state index in [4.69, 9.17) is 4.74 Å². The Kier molecular flexibility index (Phi) is 7.31. The van der Waals surface area contributed by atoms with Crippen LogP contribution in [-0.2, 0) is 19.1 Å². The number of hydrogen-bond donors (Lipinski definition) is 1. The Labute approximate surface area is 157 Å². The van der Waals surface area contributed by atoms with Crippen LogP contribution in [0.1, 0.15) is 16.8 Å². The second-order valence-corrected chi connectivity index (χ2v) is 5.65. The maximum Gasteiger partial charge on any atom is 0.330 e. The molecule has 0 unspecified atom stereocenters. The Morgan fingerprint density at radius 3 is 2.15 bits per heavy atom. The van der Waals surface area contributed by atoms with Crippen LogP contribution in [0.15, 0.2) is 66.7 Å². The molecule has 1 amide bonds. The lowest BCUT2D eigenvalue weighted by Gasteiger charge is -2.15. The summed E-state index contributed by atoms with van der Waals surface area (Å²) in [5, 5.41) is 2.62. The van der Waals surface area contributed by atoms with Gasteiger partial charge < -0.3 is 14.8 Å². The normalized spacial score (nSPS) is 11.6. The van der Waals surface area contributed by atoms with Gasteiger partial charge in [0.15, 0.2) is 0 Å². The van der Waals surface area contributed by atoms with Crippen molar-refractivity contribution < 1.29 is 23.9 Å². The van der Waals surface area contributed by atoms with Crippen molar-refractivity contribution in [1.82, 2.24) is 5.32 Å². The molecule has 27 heavy (non-hydrogen) atoms. The Hall–Kier alpha value is -3.41. The lowest BCUT2D eigenvalue weighted by Crippen LogP contribution is -2.41. The maximum absolute atomic E-state index is 12.4. The lowest BCUT2D eigenvalue weighted by molar-refractivity contribution is -0.143. The SMILES string of the molecule is COC(=O)/C=C/C[C@H](NC(=O)c1ccc(-c2ccccc2)cc1)C(=O)OC. The zero-order chi connectivity index (χ0) is 19.6. The summed E-state index contributed by atoms with van der Waals surface area (Å²) in [4.78, 5) is 35.4. The van der Waals surface area contributed by atoms with E-state index in [1.807, 2.05) is 42.5 Å². The van der Waals surface area contributed by atoms with Crippen molar-refractivity contribution in [3.05, 3.63) is 72.3 Å². The fraction of sp³-hybridized carbons (Fsp3) is 0.190. The largest absolute Gasteiger partial charge is 0.467 e. The highest BCUT2D eigenvalue weighted by molar-refractivity contribution is 5.97. The molecule has 0 spiro atoms. The monoisotopic (exact) mass is 367 g/mol. The number of amides is 1. The molecule has 0 bridgehead atoms. The van der Waals surface area contributed by atoms with Gasteiger partial charge in [-0.15, -0.1) is 0 Å². The van der Waals surface area contributed by atoms with Crippen LogP contribution in [0.25, 0.3) is 11.1 Å². The van der Waals surface area contributed by atoms with Crippen LogP contribution in [-0.4, -0.2) is 38.1 Å². The molecular weight excluding hydrogens is 346 g/mol. The first-order chi connectivity index (χ1) is 13.0. The fourth-order valence-corrected chi connectivity index (χ4v) is 2.41. The van der Waals surface area contributed by atoms with E-state index in [0.29, 0.717) is 5.56 Å². The van der Waals surface area contributed by atoms with Gasteiger partial charge in [0.05, 0.1) is 14.2 Å². The first-order valence-corrected chi connectivity index (χ1v) is 8.34. The molecule has 2 rings (SSSR count). The van der Waals surface area contributed by atoms with Crippen molar-refractivity contribution in [2.75, 3.05) is 14.2 Å². The third kappa shape index (κ3) is 5.81. The number of nitrogens with one attached hydrogen (secondary N) is 1. The van der Waals surface area contributed by atoms with E-state index >= 15 is 0 Å². The third-order valence-electron chi connectivity index (χ3n) is 3.87. The molecule has 0 aliphatic carbocycles. The first-order valence-electron chi connectivity index (χ1n) is 8.34. The quantitative estimate of drug-likeness (QED) is 0.601. The number of carbonyl (C=O) groups excluding carboxylic acids is 3. The second kappa shape index (κ2) is 9.91. The van der Waals surface area contributed by atoms with Gasteiger partial charge in [0.1, 0.15) is 6.04 Å². The van der Waals surface area contributed by atoms with Crippen molar-refractivity contribution in [3.63, 3.8) is 0 Å². The number of benzene rings is 2. The van der Waals surface area contributed by atoms with Gasteiger partial charge in [-0.05, 0) is 29.7 Å². The highest BCUT2D eigenvalue weighted by Gasteiger charge is 2.21. The van der Waals surface area contributed by atoms with Gasteiger partial charge in [-0.3, -0.25) is 4.79 Å². The van der Waals surface area contributed by atoms with Gasteiger partial charge in [0.25, 0.3) is 5.91 Å². The number of carbonyl (C=O) groups is 3. The molecule has 0 saturated carbocycles. The Morgan fingerprint density at radius 2 is 1.56 bits per heavy atom. The lowest BCUT2D eigenvalue weighted by atomic mass is 10.0. The van der Waals surface area contributed by atoms with E-state index in [9.17, 15) is 14.4 Å². The third-order valence-corrected chi connectivity index (χ3v) is 3.87. The van der Waals surface area contributed by atoms with Crippen LogP contribution >= 0.6 is 0 Å². The second-order valence-electron chi connectivity index (χ2n) is 5.65. The summed E-state index contributed by atoms with van der Waals surface area (Å²) in [6, 6.07) is 15.9. The topological polar surface area (TPSA) is 81.7 Å². The zero-order valence-corrected chi connectivity index (χ0v) is 15.2. The molecule has 1 atom stereocenters. The van der Waals surface area contributed by atoms with E-state index in [-0.39, 0.29) is 6.42 Å². The van der Waals surface area contributed by atoms with Crippen molar-refractivity contribution in [3.8, 4) is 11.1 Å². The van der Waals surface area contributed by atoms with Gasteiger partial charge in [-0.1, -0.05) is 48.5 Å². The molecule has 6 heteroatoms. The molecule has 140 valence electrons. The molecule has 0 aliphatic heterocycles. The molecule has 0 aliphatic rings. The van der Waals surface area contributed by atoms with Gasteiger partial charge in [-0.25, -0.2) is 9.59 Å². The average molecular weight is 367 g/mol. The number of rotatable bonds is 7. The summed E-state index contributed by atoms with van der Waals surface area (Å²) in [7, 11) is 2.49. The summed E-state index contributed by atoms with van der Waals surface area (Å²) >= 11 is 0. The predicted molar refractivity (Wildman–Crippen MR) is 101 cm³/mol. The van der Waals surface area contributed by atoms with Crippen molar-refractivity contribution in [2.45, 2.75) is 12.5 Å². The Morgan fingerprint density at radius 1 is 0.926 bits per heavy atom. The molecule has 0 saturated heterocycles. The molecule has 0 heterocycles. The van der Waals surface area contributed by atoms with Gasteiger partial charge in [0, 0.05) is 11.6 Å². The minimum Gasteiger partial charge on any atom is -0.467 e. The van der Waals surface area contributed by atoms with Crippen LogP contribution in [0.4, 0.5) is 0 Å². The molecule has 2 aromatic carbocycles. The minimum absolute atomic E-state index is 0.107. The van der Waals surface area contributed by atoms with Gasteiger partial charge in [0.2, 0.25) is 0 Å². The molecule has 1 N–H and O–H groups in total. The minimum atomic E-state index is -0.905. The van der Waals surface area contributed by atoms with E-state index in [1.54, 1.807) is 12.1 Å². The molecule has 2 aromatic rings. The van der Waals surface area contributed by atoms with E-state index in [1.165, 1.54) is 26.4 Å². The molecule has 0 aromatic heterocycles. The van der Waals surface area contributed by atoms with E-state index in [2.05, 4.69) is 10.1 Å². The van der Waals surface area contributed by atoms with Gasteiger partial charge >= 0.3 is 11.9 Å². The standard InChI is InChI=1S/C21H21NO5/c1-26-19(23)10-6-9-18(21(25)27-2)22-20(24)17-13-11-16(12-14-17)15-7-4-3-5-8-15/h3-8,10-14,18H,9H2,1-2H3,(H,22,24)/b10-6+/t18-/m0/s1. The van der Waals surface area contributed by atoms with Crippen molar-refractivity contribution in [2.24, 2.45) is 0 Å². The summed E-state index contributed by atoms with van der Waals surface area (Å²) in [5.41, 5.74) is 2.45. The number of hydrogen-bond acceptors (Lipinski definition) is 5. The summed E-state index contributed by atoms with van der Waals surface area (Å²) in [6.45, 7) is 0. The van der Waals surface area contributed by atoms with Gasteiger partial charge in [-0.2, -0.15) is 0 Å². The molecular formula is C21H21NO5. The van der Waals surface area contributed by atoms with Crippen LogP contribution in [0.2, 0.25) is 0 Å². The highest BCUT2D eigenvalue weighted by atomic mass is 16.5. The van der Waals surface area contributed by atoms with Crippen LogP contribution in [0, 0.1) is 0 Å². The van der Waals surface area contributed by atoms with Crippen molar-refractivity contribution >= 4 is 17.8 Å². The number of methoxy groups -OCH3 is 2. The summed E-state index contributed by atoms with van der Waals surface area (Å²) in [5.74, 6) is -1.54. The maximum atomic E-state index is 12.4. The summed E-state index contributed by atoms with van der Waals surface area (Å²) in [6.07, 6.45) is 2.75. The molecule has 0 fully saturated rings. The van der Waals surface area contributed by atoms with E-state index in [0.717, 1.165) is 11.1 Å². The smallest absolute Gasteiger partial charge is 0.330 e. The van der Waals surface area contributed by atoms with Crippen LogP contribution in [0.3, 0.4) is 0 Å². The van der Waals surface area contributed by atoms with Crippen molar-refractivity contribution in [1.29, 1.82) is 0 Å². The highest BCUT2D eigenvalue weighted by Crippen LogP contribution is 2.19. The molecule has 0 radical (unpaired) electrons. The average Bonchev–Trinajstić information content (AvgIpc) is 2.72. The number of esters is 2. The first kappa shape index (κ1) is 19.9. The Balaban J connectivity index is 2.06. The summed E-state index contributed by atoms with van der Waals surface area (Å²) < 4.78 is 9.19. The predicted octanol–water partition coefficient (Wildman–Crippen LogP) is 2.74. The zero-order valence-electron chi connectivity index (χ0n) is 15.2. The number of ether oxygens (including phenoxy) is 2. The van der Waals surface area contributed by atoms with Crippen LogP contribution < -0.4 is 5.32 Å². The van der Waals surface area contributed by atoms with E-state index < -0.39 is 23.9 Å².